The first-order valence-corrected chi connectivity index (χ1v) is 6.15. The summed E-state index contributed by atoms with van der Waals surface area (Å²) in [6, 6.07) is 0.168. The molecule has 2 rings (SSSR count). The second-order valence-corrected chi connectivity index (χ2v) is 4.50. The van der Waals surface area contributed by atoms with Gasteiger partial charge in [0.15, 0.2) is 0 Å². The van der Waals surface area contributed by atoms with Gasteiger partial charge in [0.05, 0.1) is 6.61 Å². The minimum atomic E-state index is -0.455. The Balaban J connectivity index is 1.93. The molecular weight excluding hydrogens is 222 g/mol. The molecule has 1 aliphatic heterocycles. The van der Waals surface area contributed by atoms with Crippen LogP contribution in [0.2, 0.25) is 0 Å². The standard InChI is InChI=1S/C11H19N3O3/c15-8-7-14(9-1-2-9)11(17)10(16)13-5-3-12-4-6-13/h9,12,15H,1-8H2. The molecule has 0 aromatic heterocycles. The average Bonchev–Trinajstić information content (AvgIpc) is 3.19. The number of hydrogen-bond donors (Lipinski definition) is 2. The quantitative estimate of drug-likeness (QED) is 0.584. The summed E-state index contributed by atoms with van der Waals surface area (Å²) in [7, 11) is 0. The van der Waals surface area contributed by atoms with Crippen molar-refractivity contribution in [1.29, 1.82) is 0 Å². The number of carbonyl (C=O) groups excluding carboxylic acids is 2. The number of rotatable bonds is 3. The Morgan fingerprint density at radius 1 is 1.29 bits per heavy atom. The molecule has 0 atom stereocenters. The fraction of sp³-hybridized carbons (Fsp3) is 0.818. The molecule has 1 saturated heterocycles. The largest absolute Gasteiger partial charge is 0.395 e. The maximum atomic E-state index is 12.0. The van der Waals surface area contributed by atoms with Gasteiger partial charge in [-0.05, 0) is 12.8 Å². The SMILES string of the molecule is O=C(C(=O)N(CCO)C1CC1)N1CCNCC1. The summed E-state index contributed by atoms with van der Waals surface area (Å²) >= 11 is 0. The van der Waals surface area contributed by atoms with Gasteiger partial charge in [0.25, 0.3) is 0 Å². The Kier molecular flexibility index (Phi) is 3.96. The lowest BCUT2D eigenvalue weighted by Gasteiger charge is -2.29. The molecule has 6 nitrogen and oxygen atoms in total. The van der Waals surface area contributed by atoms with E-state index in [4.69, 9.17) is 5.11 Å². The first kappa shape index (κ1) is 12.3. The van der Waals surface area contributed by atoms with E-state index < -0.39 is 11.8 Å². The van der Waals surface area contributed by atoms with Crippen molar-refractivity contribution >= 4 is 11.8 Å². The van der Waals surface area contributed by atoms with Crippen molar-refractivity contribution < 1.29 is 14.7 Å². The van der Waals surface area contributed by atoms with Crippen LogP contribution in [0, 0.1) is 0 Å². The van der Waals surface area contributed by atoms with Gasteiger partial charge in [-0.1, -0.05) is 0 Å². The number of hydrogen-bond acceptors (Lipinski definition) is 4. The van der Waals surface area contributed by atoms with E-state index in [1.165, 1.54) is 4.90 Å². The molecule has 1 heterocycles. The molecule has 1 saturated carbocycles. The number of amides is 2. The van der Waals surface area contributed by atoms with Crippen LogP contribution in [0.5, 0.6) is 0 Å². The Bertz CT molecular complexity index is 298. The molecule has 6 heteroatoms. The molecule has 0 aromatic rings. The summed E-state index contributed by atoms with van der Waals surface area (Å²) in [6.07, 6.45) is 1.89. The van der Waals surface area contributed by atoms with E-state index in [2.05, 4.69) is 5.32 Å². The zero-order chi connectivity index (χ0) is 12.3. The van der Waals surface area contributed by atoms with E-state index in [1.54, 1.807) is 4.90 Å². The van der Waals surface area contributed by atoms with Crippen LogP contribution in [0.1, 0.15) is 12.8 Å². The van der Waals surface area contributed by atoms with E-state index in [-0.39, 0.29) is 19.2 Å². The molecule has 0 bridgehead atoms. The minimum Gasteiger partial charge on any atom is -0.395 e. The molecule has 2 N–H and O–H groups in total. The van der Waals surface area contributed by atoms with E-state index in [0.29, 0.717) is 13.1 Å². The van der Waals surface area contributed by atoms with Gasteiger partial charge in [-0.3, -0.25) is 9.59 Å². The Morgan fingerprint density at radius 3 is 2.47 bits per heavy atom. The van der Waals surface area contributed by atoms with Crippen molar-refractivity contribution in [2.24, 2.45) is 0 Å². The first-order chi connectivity index (χ1) is 8.24. The maximum absolute atomic E-state index is 12.0. The third-order valence-corrected chi connectivity index (χ3v) is 3.18. The van der Waals surface area contributed by atoms with Crippen molar-refractivity contribution in [2.45, 2.75) is 18.9 Å². The molecule has 96 valence electrons. The molecule has 2 amide bonds. The summed E-state index contributed by atoms with van der Waals surface area (Å²) in [5, 5.41) is 12.1. The average molecular weight is 241 g/mol. The highest BCUT2D eigenvalue weighted by molar-refractivity contribution is 6.35. The topological polar surface area (TPSA) is 72.9 Å². The van der Waals surface area contributed by atoms with Gasteiger partial charge in [0, 0.05) is 38.8 Å². The Morgan fingerprint density at radius 2 is 1.94 bits per heavy atom. The van der Waals surface area contributed by atoms with Crippen molar-refractivity contribution in [2.75, 3.05) is 39.3 Å². The second-order valence-electron chi connectivity index (χ2n) is 4.50. The van der Waals surface area contributed by atoms with Crippen LogP contribution in [0.15, 0.2) is 0 Å². The molecule has 17 heavy (non-hydrogen) atoms. The van der Waals surface area contributed by atoms with E-state index in [0.717, 1.165) is 25.9 Å². The molecule has 0 spiro atoms. The number of carbonyl (C=O) groups is 2. The summed E-state index contributed by atoms with van der Waals surface area (Å²) in [6.45, 7) is 2.83. The van der Waals surface area contributed by atoms with Crippen LogP contribution in [0.25, 0.3) is 0 Å². The van der Waals surface area contributed by atoms with Crippen molar-refractivity contribution in [3.8, 4) is 0 Å². The van der Waals surface area contributed by atoms with Gasteiger partial charge >= 0.3 is 11.8 Å². The zero-order valence-corrected chi connectivity index (χ0v) is 9.89. The highest BCUT2D eigenvalue weighted by atomic mass is 16.3. The highest BCUT2D eigenvalue weighted by Crippen LogP contribution is 2.26. The van der Waals surface area contributed by atoms with Gasteiger partial charge in [0.1, 0.15) is 0 Å². The normalized spacial score (nSPS) is 20.2. The van der Waals surface area contributed by atoms with Crippen molar-refractivity contribution in [1.82, 2.24) is 15.1 Å². The van der Waals surface area contributed by atoms with Gasteiger partial charge in [-0.15, -0.1) is 0 Å². The van der Waals surface area contributed by atoms with Gasteiger partial charge in [0.2, 0.25) is 0 Å². The predicted octanol–water partition coefficient (Wildman–Crippen LogP) is -1.60. The Labute approximate surface area is 101 Å². The van der Waals surface area contributed by atoms with Gasteiger partial charge < -0.3 is 20.2 Å². The summed E-state index contributed by atoms with van der Waals surface area (Å²) in [5.41, 5.74) is 0. The number of nitrogens with one attached hydrogen (secondary N) is 1. The van der Waals surface area contributed by atoms with Crippen LogP contribution in [0.3, 0.4) is 0 Å². The van der Waals surface area contributed by atoms with Crippen molar-refractivity contribution in [3.05, 3.63) is 0 Å². The lowest BCUT2D eigenvalue weighted by atomic mass is 10.3. The van der Waals surface area contributed by atoms with Crippen LogP contribution in [0.4, 0.5) is 0 Å². The lowest BCUT2D eigenvalue weighted by molar-refractivity contribution is -0.152. The molecular formula is C11H19N3O3. The Hall–Kier alpha value is -1.14. The number of aliphatic hydroxyl groups is 1. The van der Waals surface area contributed by atoms with Gasteiger partial charge in [-0.2, -0.15) is 0 Å². The molecule has 0 unspecified atom stereocenters. The third-order valence-electron chi connectivity index (χ3n) is 3.18. The van der Waals surface area contributed by atoms with E-state index >= 15 is 0 Å². The number of nitrogens with zero attached hydrogens (tertiary/aromatic N) is 2. The lowest BCUT2D eigenvalue weighted by Crippen LogP contribution is -2.52. The highest BCUT2D eigenvalue weighted by Gasteiger charge is 2.36. The van der Waals surface area contributed by atoms with Crippen molar-refractivity contribution in [3.63, 3.8) is 0 Å². The van der Waals surface area contributed by atoms with E-state index in [9.17, 15) is 9.59 Å². The zero-order valence-electron chi connectivity index (χ0n) is 9.89. The van der Waals surface area contributed by atoms with Crippen LogP contribution >= 0.6 is 0 Å². The number of piperazine rings is 1. The monoisotopic (exact) mass is 241 g/mol. The minimum absolute atomic E-state index is 0.0862. The smallest absolute Gasteiger partial charge is 0.312 e. The molecule has 1 aliphatic carbocycles. The maximum Gasteiger partial charge on any atom is 0.312 e. The molecule has 0 radical (unpaired) electrons. The van der Waals surface area contributed by atoms with Crippen LogP contribution in [-0.2, 0) is 9.59 Å². The van der Waals surface area contributed by atoms with Crippen LogP contribution < -0.4 is 5.32 Å². The molecule has 2 aliphatic rings. The second kappa shape index (κ2) is 5.46. The fourth-order valence-electron chi connectivity index (χ4n) is 2.07. The van der Waals surface area contributed by atoms with Crippen LogP contribution in [-0.4, -0.2) is 72.1 Å². The third kappa shape index (κ3) is 2.95. The molecule has 0 aromatic carbocycles. The predicted molar refractivity (Wildman–Crippen MR) is 61.3 cm³/mol. The fourth-order valence-corrected chi connectivity index (χ4v) is 2.07. The summed E-state index contributed by atoms with van der Waals surface area (Å²) in [4.78, 5) is 27.1. The van der Waals surface area contributed by atoms with E-state index in [1.807, 2.05) is 0 Å². The summed E-state index contributed by atoms with van der Waals surface area (Å²) in [5.74, 6) is -0.879. The molecule has 2 fully saturated rings. The van der Waals surface area contributed by atoms with Gasteiger partial charge in [-0.25, -0.2) is 0 Å². The first-order valence-electron chi connectivity index (χ1n) is 6.15. The summed E-state index contributed by atoms with van der Waals surface area (Å²) < 4.78 is 0. The number of aliphatic hydroxyl groups excluding tert-OH is 1.